The third kappa shape index (κ3) is 3.07. The molecule has 0 fully saturated rings. The van der Waals surface area contributed by atoms with Crippen molar-refractivity contribution in [2.75, 3.05) is 6.54 Å². The van der Waals surface area contributed by atoms with E-state index in [0.717, 1.165) is 24.2 Å². The highest BCUT2D eigenvalue weighted by atomic mass is 16.1. The second-order valence-electron chi connectivity index (χ2n) is 5.42. The second-order valence-corrected chi connectivity index (χ2v) is 5.42. The van der Waals surface area contributed by atoms with Crippen LogP contribution in [-0.2, 0) is 6.54 Å². The number of H-pyrrole nitrogens is 1. The van der Waals surface area contributed by atoms with Crippen LogP contribution in [0.1, 0.15) is 24.4 Å². The molecule has 0 aliphatic heterocycles. The Balaban J connectivity index is 1.69. The average Bonchev–Trinajstić information content (AvgIpc) is 2.92. The van der Waals surface area contributed by atoms with Gasteiger partial charge in [0, 0.05) is 12.7 Å². The molecule has 0 aliphatic rings. The van der Waals surface area contributed by atoms with Crippen molar-refractivity contribution in [1.82, 2.24) is 25.1 Å². The lowest BCUT2D eigenvalue weighted by atomic mass is 10.2. The molecule has 0 spiro atoms. The van der Waals surface area contributed by atoms with Crippen LogP contribution in [0.15, 0.2) is 41.5 Å². The quantitative estimate of drug-likeness (QED) is 0.752. The number of fused-ring (bicyclic) bond motifs is 1. The van der Waals surface area contributed by atoms with Crippen LogP contribution in [-0.4, -0.2) is 26.3 Å². The molecule has 2 heterocycles. The van der Waals surface area contributed by atoms with Crippen LogP contribution >= 0.6 is 0 Å². The maximum absolute atomic E-state index is 12.1. The van der Waals surface area contributed by atoms with Crippen molar-refractivity contribution in [2.45, 2.75) is 26.4 Å². The van der Waals surface area contributed by atoms with Crippen LogP contribution in [0, 0.1) is 6.92 Å². The second kappa shape index (κ2) is 6.11. The molecule has 0 amide bonds. The average molecular weight is 297 g/mol. The van der Waals surface area contributed by atoms with E-state index < -0.39 is 0 Å². The molecule has 0 radical (unpaired) electrons. The van der Waals surface area contributed by atoms with Gasteiger partial charge < -0.3 is 10.3 Å². The van der Waals surface area contributed by atoms with E-state index in [2.05, 4.69) is 20.4 Å². The number of rotatable bonds is 5. The molecule has 1 aromatic carbocycles. The summed E-state index contributed by atoms with van der Waals surface area (Å²) in [5.74, 6) is 0.653. The predicted molar refractivity (Wildman–Crippen MR) is 85.7 cm³/mol. The molecule has 22 heavy (non-hydrogen) atoms. The number of nitrogens with zero attached hydrogens (tertiary/aromatic N) is 3. The Labute approximate surface area is 128 Å². The number of nitrogens with one attached hydrogen (secondary N) is 2. The SMILES string of the molecule is Cc1cnn(CCNC(C)c2nc3ccccc3c(=O)[nH]2)c1. The number of aryl methyl sites for hydroxylation is 1. The number of aromatic amines is 1. The van der Waals surface area contributed by atoms with E-state index in [4.69, 9.17) is 0 Å². The number of aromatic nitrogens is 4. The molecule has 0 bridgehead atoms. The maximum Gasteiger partial charge on any atom is 0.258 e. The van der Waals surface area contributed by atoms with Crippen LogP contribution in [0.3, 0.4) is 0 Å². The predicted octanol–water partition coefficient (Wildman–Crippen LogP) is 1.78. The van der Waals surface area contributed by atoms with Crippen molar-refractivity contribution in [1.29, 1.82) is 0 Å². The first-order chi connectivity index (χ1) is 10.6. The monoisotopic (exact) mass is 297 g/mol. The van der Waals surface area contributed by atoms with Gasteiger partial charge in [-0.2, -0.15) is 5.10 Å². The van der Waals surface area contributed by atoms with Crippen molar-refractivity contribution in [3.8, 4) is 0 Å². The first-order valence-corrected chi connectivity index (χ1v) is 7.35. The van der Waals surface area contributed by atoms with Crippen molar-refractivity contribution in [2.24, 2.45) is 0 Å². The highest BCUT2D eigenvalue weighted by molar-refractivity contribution is 5.77. The largest absolute Gasteiger partial charge is 0.309 e. The van der Waals surface area contributed by atoms with E-state index in [1.54, 1.807) is 6.07 Å². The summed E-state index contributed by atoms with van der Waals surface area (Å²) in [7, 11) is 0. The highest BCUT2D eigenvalue weighted by Crippen LogP contribution is 2.10. The fraction of sp³-hybridized carbons (Fsp3) is 0.312. The third-order valence-corrected chi connectivity index (χ3v) is 3.60. The molecular formula is C16H19N5O. The normalized spacial score (nSPS) is 12.6. The zero-order valence-electron chi connectivity index (χ0n) is 12.7. The van der Waals surface area contributed by atoms with E-state index in [0.29, 0.717) is 11.2 Å². The minimum Gasteiger partial charge on any atom is -0.309 e. The summed E-state index contributed by atoms with van der Waals surface area (Å²) in [5.41, 5.74) is 1.77. The zero-order chi connectivity index (χ0) is 15.5. The Morgan fingerprint density at radius 2 is 2.18 bits per heavy atom. The fourth-order valence-electron chi connectivity index (χ4n) is 2.39. The van der Waals surface area contributed by atoms with Crippen LogP contribution in [0.4, 0.5) is 0 Å². The molecule has 0 aliphatic carbocycles. The first kappa shape index (κ1) is 14.5. The topological polar surface area (TPSA) is 75.6 Å². The Kier molecular flexibility index (Phi) is 4.02. The van der Waals surface area contributed by atoms with E-state index in [1.807, 2.05) is 49.1 Å². The minimum atomic E-state index is -0.100. The van der Waals surface area contributed by atoms with Crippen LogP contribution < -0.4 is 10.9 Å². The van der Waals surface area contributed by atoms with Crippen molar-refractivity contribution in [3.05, 3.63) is 58.4 Å². The van der Waals surface area contributed by atoms with Gasteiger partial charge in [-0.3, -0.25) is 9.48 Å². The molecule has 0 saturated carbocycles. The van der Waals surface area contributed by atoms with E-state index in [9.17, 15) is 4.79 Å². The molecule has 1 unspecified atom stereocenters. The summed E-state index contributed by atoms with van der Waals surface area (Å²) in [6.07, 6.45) is 3.84. The molecule has 2 aromatic heterocycles. The van der Waals surface area contributed by atoms with Crippen LogP contribution in [0.5, 0.6) is 0 Å². The Morgan fingerprint density at radius 3 is 2.95 bits per heavy atom. The summed E-state index contributed by atoms with van der Waals surface area (Å²) in [4.78, 5) is 19.4. The summed E-state index contributed by atoms with van der Waals surface area (Å²) >= 11 is 0. The van der Waals surface area contributed by atoms with Gasteiger partial charge in [0.2, 0.25) is 0 Å². The standard InChI is InChI=1S/C16H19N5O/c1-11-9-18-21(10-11)8-7-17-12(2)15-19-14-6-4-3-5-13(14)16(22)20-15/h3-6,9-10,12,17H,7-8H2,1-2H3,(H,19,20,22). The Hall–Kier alpha value is -2.47. The third-order valence-electron chi connectivity index (χ3n) is 3.60. The smallest absolute Gasteiger partial charge is 0.258 e. The molecule has 2 N–H and O–H groups in total. The van der Waals surface area contributed by atoms with Gasteiger partial charge in [0.15, 0.2) is 0 Å². The lowest BCUT2D eigenvalue weighted by Crippen LogP contribution is -2.26. The maximum atomic E-state index is 12.1. The van der Waals surface area contributed by atoms with Gasteiger partial charge in [0.05, 0.1) is 29.7 Å². The number of hydrogen-bond donors (Lipinski definition) is 2. The van der Waals surface area contributed by atoms with Gasteiger partial charge in [0.25, 0.3) is 5.56 Å². The van der Waals surface area contributed by atoms with Gasteiger partial charge in [0.1, 0.15) is 5.82 Å². The summed E-state index contributed by atoms with van der Waals surface area (Å²) in [5, 5.41) is 8.21. The van der Waals surface area contributed by atoms with Gasteiger partial charge in [-0.1, -0.05) is 12.1 Å². The number of benzene rings is 1. The minimum absolute atomic E-state index is 0.0334. The molecule has 1 atom stereocenters. The van der Waals surface area contributed by atoms with Crippen molar-refractivity contribution >= 4 is 10.9 Å². The van der Waals surface area contributed by atoms with Gasteiger partial charge >= 0.3 is 0 Å². The first-order valence-electron chi connectivity index (χ1n) is 7.35. The highest BCUT2D eigenvalue weighted by Gasteiger charge is 2.10. The number of hydrogen-bond acceptors (Lipinski definition) is 4. The Bertz CT molecular complexity index is 836. The van der Waals surface area contributed by atoms with E-state index in [-0.39, 0.29) is 11.6 Å². The zero-order valence-corrected chi connectivity index (χ0v) is 12.7. The Morgan fingerprint density at radius 1 is 1.36 bits per heavy atom. The molecule has 6 nitrogen and oxygen atoms in total. The molecule has 6 heteroatoms. The summed E-state index contributed by atoms with van der Waals surface area (Å²) in [6, 6.07) is 7.33. The van der Waals surface area contributed by atoms with Gasteiger partial charge in [-0.15, -0.1) is 0 Å². The van der Waals surface area contributed by atoms with Gasteiger partial charge in [-0.05, 0) is 31.5 Å². The number of para-hydroxylation sites is 1. The summed E-state index contributed by atoms with van der Waals surface area (Å²) < 4.78 is 1.89. The van der Waals surface area contributed by atoms with E-state index >= 15 is 0 Å². The molecule has 3 aromatic rings. The lowest BCUT2D eigenvalue weighted by Gasteiger charge is -2.13. The molecular weight excluding hydrogens is 278 g/mol. The lowest BCUT2D eigenvalue weighted by molar-refractivity contribution is 0.493. The molecule has 0 saturated heterocycles. The van der Waals surface area contributed by atoms with Crippen molar-refractivity contribution < 1.29 is 0 Å². The van der Waals surface area contributed by atoms with Crippen molar-refractivity contribution in [3.63, 3.8) is 0 Å². The fourth-order valence-corrected chi connectivity index (χ4v) is 2.39. The van der Waals surface area contributed by atoms with Crippen LogP contribution in [0.2, 0.25) is 0 Å². The van der Waals surface area contributed by atoms with Gasteiger partial charge in [-0.25, -0.2) is 4.98 Å². The van der Waals surface area contributed by atoms with E-state index in [1.165, 1.54) is 0 Å². The summed E-state index contributed by atoms with van der Waals surface area (Å²) in [6.45, 7) is 5.53. The molecule has 114 valence electrons. The van der Waals surface area contributed by atoms with Crippen LogP contribution in [0.25, 0.3) is 10.9 Å². The molecule has 3 rings (SSSR count).